The zero-order chi connectivity index (χ0) is 12.7. The van der Waals surface area contributed by atoms with Crippen LogP contribution in [0.3, 0.4) is 0 Å². The van der Waals surface area contributed by atoms with Crippen molar-refractivity contribution in [2.24, 2.45) is 0 Å². The van der Waals surface area contributed by atoms with Gasteiger partial charge in [-0.1, -0.05) is 6.92 Å². The topological polar surface area (TPSA) is 71.3 Å². The summed E-state index contributed by atoms with van der Waals surface area (Å²) >= 11 is 0. The van der Waals surface area contributed by atoms with Gasteiger partial charge >= 0.3 is 0 Å². The minimum absolute atomic E-state index is 0.0492. The Morgan fingerprint density at radius 2 is 2.24 bits per heavy atom. The Hall–Kier alpha value is -1.78. The molecule has 1 rings (SSSR count). The number of carbonyl (C=O) groups is 2. The van der Waals surface area contributed by atoms with Gasteiger partial charge in [-0.2, -0.15) is 0 Å². The Labute approximate surface area is 101 Å². The molecule has 0 saturated carbocycles. The fourth-order valence-electron chi connectivity index (χ4n) is 1.23. The molecule has 0 saturated heterocycles. The molecule has 0 spiro atoms. The van der Waals surface area contributed by atoms with E-state index in [2.05, 4.69) is 10.6 Å². The lowest BCUT2D eigenvalue weighted by Crippen LogP contribution is -2.35. The third-order valence-electron chi connectivity index (χ3n) is 2.44. The van der Waals surface area contributed by atoms with Crippen molar-refractivity contribution in [3.05, 3.63) is 24.2 Å². The van der Waals surface area contributed by atoms with Crippen molar-refractivity contribution in [1.29, 1.82) is 0 Å². The highest BCUT2D eigenvalue weighted by Crippen LogP contribution is 1.98. The molecule has 1 atom stereocenters. The van der Waals surface area contributed by atoms with Crippen LogP contribution in [0.4, 0.5) is 0 Å². The summed E-state index contributed by atoms with van der Waals surface area (Å²) in [6.07, 6.45) is 3.99. The lowest BCUT2D eigenvalue weighted by atomic mass is 10.2. The molecule has 2 amide bonds. The van der Waals surface area contributed by atoms with Gasteiger partial charge in [0.2, 0.25) is 5.91 Å². The van der Waals surface area contributed by atoms with Crippen LogP contribution >= 0.6 is 0 Å². The van der Waals surface area contributed by atoms with E-state index < -0.39 is 0 Å². The molecular weight excluding hydrogens is 220 g/mol. The fourth-order valence-corrected chi connectivity index (χ4v) is 1.23. The summed E-state index contributed by atoms with van der Waals surface area (Å²) in [7, 11) is 0. The Balaban J connectivity index is 2.20. The average molecular weight is 238 g/mol. The second kappa shape index (κ2) is 6.73. The molecule has 0 fully saturated rings. The van der Waals surface area contributed by atoms with Gasteiger partial charge in [-0.05, 0) is 19.4 Å². The molecule has 1 aromatic heterocycles. The molecule has 94 valence electrons. The van der Waals surface area contributed by atoms with E-state index in [1.165, 1.54) is 12.5 Å². The van der Waals surface area contributed by atoms with Crippen molar-refractivity contribution in [1.82, 2.24) is 10.6 Å². The first-order valence-electron chi connectivity index (χ1n) is 5.73. The van der Waals surface area contributed by atoms with Crippen LogP contribution < -0.4 is 10.6 Å². The van der Waals surface area contributed by atoms with Crippen LogP contribution in [0.25, 0.3) is 0 Å². The van der Waals surface area contributed by atoms with Gasteiger partial charge in [-0.3, -0.25) is 9.59 Å². The van der Waals surface area contributed by atoms with Crippen LogP contribution in [0.5, 0.6) is 0 Å². The number of hydrogen-bond donors (Lipinski definition) is 2. The minimum Gasteiger partial charge on any atom is -0.472 e. The van der Waals surface area contributed by atoms with Crippen molar-refractivity contribution >= 4 is 11.8 Å². The molecule has 0 aliphatic rings. The van der Waals surface area contributed by atoms with Crippen LogP contribution in [0.2, 0.25) is 0 Å². The highest BCUT2D eigenvalue weighted by molar-refractivity contribution is 5.94. The van der Waals surface area contributed by atoms with E-state index in [0.717, 1.165) is 6.42 Å². The van der Waals surface area contributed by atoms with E-state index in [4.69, 9.17) is 4.42 Å². The predicted octanol–water partition coefficient (Wildman–Crippen LogP) is 1.31. The standard InChI is InChI=1S/C12H18N2O3/c1-3-9(2)14-11(15)4-6-13-12(16)10-5-7-17-8-10/h5,7-9H,3-4,6H2,1-2H3,(H,13,16)(H,14,15)/t9-/m0/s1. The maximum atomic E-state index is 11.5. The van der Waals surface area contributed by atoms with E-state index in [1.54, 1.807) is 6.07 Å². The van der Waals surface area contributed by atoms with Crippen LogP contribution in [-0.2, 0) is 4.79 Å². The summed E-state index contributed by atoms with van der Waals surface area (Å²) in [6.45, 7) is 4.28. The molecule has 5 nitrogen and oxygen atoms in total. The van der Waals surface area contributed by atoms with E-state index in [9.17, 15) is 9.59 Å². The third kappa shape index (κ3) is 4.72. The zero-order valence-electron chi connectivity index (χ0n) is 10.2. The maximum Gasteiger partial charge on any atom is 0.254 e. The predicted molar refractivity (Wildman–Crippen MR) is 63.6 cm³/mol. The third-order valence-corrected chi connectivity index (χ3v) is 2.44. The number of hydrogen-bond acceptors (Lipinski definition) is 3. The van der Waals surface area contributed by atoms with Crippen LogP contribution in [0, 0.1) is 0 Å². The van der Waals surface area contributed by atoms with Gasteiger partial charge < -0.3 is 15.1 Å². The van der Waals surface area contributed by atoms with Gasteiger partial charge in [0.15, 0.2) is 0 Å². The summed E-state index contributed by atoms with van der Waals surface area (Å²) in [6, 6.07) is 1.75. The SMILES string of the molecule is CC[C@H](C)NC(=O)CCNC(=O)c1ccoc1. The summed E-state index contributed by atoms with van der Waals surface area (Å²) in [4.78, 5) is 22.9. The summed E-state index contributed by atoms with van der Waals surface area (Å²) in [5.41, 5.74) is 0.465. The largest absolute Gasteiger partial charge is 0.472 e. The maximum absolute atomic E-state index is 11.5. The number of furan rings is 1. The molecule has 0 bridgehead atoms. The number of carbonyl (C=O) groups excluding carboxylic acids is 2. The zero-order valence-corrected chi connectivity index (χ0v) is 10.2. The van der Waals surface area contributed by atoms with Gasteiger partial charge in [0.1, 0.15) is 6.26 Å². The Morgan fingerprint density at radius 1 is 1.47 bits per heavy atom. The van der Waals surface area contributed by atoms with Gasteiger partial charge in [0.25, 0.3) is 5.91 Å². The van der Waals surface area contributed by atoms with Gasteiger partial charge in [0.05, 0.1) is 11.8 Å². The van der Waals surface area contributed by atoms with Gasteiger partial charge in [0, 0.05) is 19.0 Å². The summed E-state index contributed by atoms with van der Waals surface area (Å²) < 4.78 is 4.79. The van der Waals surface area contributed by atoms with Gasteiger partial charge in [-0.15, -0.1) is 0 Å². The van der Waals surface area contributed by atoms with E-state index in [-0.39, 0.29) is 24.3 Å². The van der Waals surface area contributed by atoms with Crippen LogP contribution in [0.15, 0.2) is 23.0 Å². The van der Waals surface area contributed by atoms with Crippen molar-refractivity contribution in [3.8, 4) is 0 Å². The Kier molecular flexibility index (Phi) is 5.26. The number of rotatable bonds is 6. The second-order valence-electron chi connectivity index (χ2n) is 3.89. The highest BCUT2D eigenvalue weighted by Gasteiger charge is 2.08. The lowest BCUT2D eigenvalue weighted by Gasteiger charge is -2.11. The fraction of sp³-hybridized carbons (Fsp3) is 0.500. The molecule has 1 aromatic rings. The Bertz CT molecular complexity index is 360. The molecule has 0 aliphatic carbocycles. The monoisotopic (exact) mass is 238 g/mol. The Morgan fingerprint density at radius 3 is 2.82 bits per heavy atom. The van der Waals surface area contributed by atoms with Crippen molar-refractivity contribution in [3.63, 3.8) is 0 Å². The first-order valence-corrected chi connectivity index (χ1v) is 5.73. The lowest BCUT2D eigenvalue weighted by molar-refractivity contribution is -0.121. The number of amides is 2. The second-order valence-corrected chi connectivity index (χ2v) is 3.89. The van der Waals surface area contributed by atoms with Crippen molar-refractivity contribution < 1.29 is 14.0 Å². The molecule has 1 heterocycles. The smallest absolute Gasteiger partial charge is 0.254 e. The van der Waals surface area contributed by atoms with Gasteiger partial charge in [-0.25, -0.2) is 0 Å². The summed E-state index contributed by atoms with van der Waals surface area (Å²) in [5.74, 6) is -0.276. The van der Waals surface area contributed by atoms with Crippen molar-refractivity contribution in [2.75, 3.05) is 6.54 Å². The normalized spacial score (nSPS) is 11.9. The van der Waals surface area contributed by atoms with Crippen molar-refractivity contribution in [2.45, 2.75) is 32.7 Å². The van der Waals surface area contributed by atoms with Crippen LogP contribution in [-0.4, -0.2) is 24.4 Å². The van der Waals surface area contributed by atoms with Crippen LogP contribution in [0.1, 0.15) is 37.0 Å². The first kappa shape index (κ1) is 13.3. The molecule has 0 radical (unpaired) electrons. The molecule has 17 heavy (non-hydrogen) atoms. The minimum atomic E-state index is -0.227. The number of nitrogens with one attached hydrogen (secondary N) is 2. The van der Waals surface area contributed by atoms with E-state index >= 15 is 0 Å². The molecule has 5 heteroatoms. The molecule has 0 aliphatic heterocycles. The first-order chi connectivity index (χ1) is 8.13. The quantitative estimate of drug-likeness (QED) is 0.785. The molecule has 0 aromatic carbocycles. The van der Waals surface area contributed by atoms with E-state index in [0.29, 0.717) is 12.1 Å². The molecule has 2 N–H and O–H groups in total. The molecule has 0 unspecified atom stereocenters. The summed E-state index contributed by atoms with van der Waals surface area (Å²) in [5, 5.41) is 5.48. The van der Waals surface area contributed by atoms with E-state index in [1.807, 2.05) is 13.8 Å². The average Bonchev–Trinajstić information content (AvgIpc) is 2.82. The molecular formula is C12H18N2O3. The highest BCUT2D eigenvalue weighted by atomic mass is 16.3.